The lowest BCUT2D eigenvalue weighted by Gasteiger charge is -2.07. The molecule has 0 atom stereocenters. The van der Waals surface area contributed by atoms with Gasteiger partial charge in [0.1, 0.15) is 18.2 Å². The van der Waals surface area contributed by atoms with Crippen molar-refractivity contribution in [3.8, 4) is 17.0 Å². The second-order valence-electron chi connectivity index (χ2n) is 7.68. The zero-order valence-corrected chi connectivity index (χ0v) is 18.5. The summed E-state index contributed by atoms with van der Waals surface area (Å²) < 4.78 is 14.7. The summed E-state index contributed by atoms with van der Waals surface area (Å²) in [7, 11) is 3.38. The Morgan fingerprint density at radius 2 is 2.09 bits per heavy atom. The number of nitrogens with zero attached hydrogens (tertiary/aromatic N) is 4. The first-order valence-corrected chi connectivity index (χ1v) is 10.7. The van der Waals surface area contributed by atoms with Gasteiger partial charge >= 0.3 is 6.09 Å². The molecule has 3 heterocycles. The van der Waals surface area contributed by atoms with Crippen molar-refractivity contribution in [3.05, 3.63) is 59.0 Å². The Hall–Kier alpha value is -3.52. The average Bonchev–Trinajstić information content (AvgIpc) is 3.46. The van der Waals surface area contributed by atoms with E-state index in [9.17, 15) is 4.79 Å². The largest absolute Gasteiger partial charge is 0.496 e. The Balaban J connectivity index is 1.26. The van der Waals surface area contributed by atoms with Crippen molar-refractivity contribution in [1.29, 1.82) is 0 Å². The predicted molar refractivity (Wildman–Crippen MR) is 122 cm³/mol. The molecule has 32 heavy (non-hydrogen) atoms. The third kappa shape index (κ3) is 3.78. The molecule has 1 amide bonds. The summed E-state index contributed by atoms with van der Waals surface area (Å²) >= 11 is 6.05. The number of hydrogen-bond acceptors (Lipinski definition) is 5. The molecule has 0 fully saturated rings. The molecule has 0 saturated heterocycles. The number of hydrogen-bond donors (Lipinski definition) is 1. The number of methoxy groups -OCH3 is 1. The number of amides is 1. The van der Waals surface area contributed by atoms with Crippen molar-refractivity contribution in [2.45, 2.75) is 26.0 Å². The lowest BCUT2D eigenvalue weighted by molar-refractivity contribution is 0.152. The fourth-order valence-electron chi connectivity index (χ4n) is 4.04. The topological polar surface area (TPSA) is 83.2 Å². The number of benzene rings is 2. The third-order valence-electron chi connectivity index (χ3n) is 5.62. The van der Waals surface area contributed by atoms with Gasteiger partial charge in [0, 0.05) is 36.3 Å². The molecule has 164 valence electrons. The van der Waals surface area contributed by atoms with Gasteiger partial charge in [-0.05, 0) is 48.9 Å². The molecule has 1 aliphatic rings. The molecule has 1 aliphatic heterocycles. The molecule has 9 heteroatoms. The number of nitrogens with one attached hydrogen (secondary N) is 1. The molecule has 0 radical (unpaired) electrons. The summed E-state index contributed by atoms with van der Waals surface area (Å²) in [4.78, 5) is 17.0. The van der Waals surface area contributed by atoms with E-state index in [1.807, 2.05) is 30.3 Å². The van der Waals surface area contributed by atoms with Gasteiger partial charge in [-0.3, -0.25) is 10.00 Å². The van der Waals surface area contributed by atoms with E-state index in [2.05, 4.69) is 20.0 Å². The van der Waals surface area contributed by atoms with E-state index >= 15 is 0 Å². The number of aryl methyl sites for hydroxylation is 3. The summed E-state index contributed by atoms with van der Waals surface area (Å²) in [6.07, 6.45) is 1.59. The Labute approximate surface area is 189 Å². The second kappa shape index (κ2) is 8.20. The van der Waals surface area contributed by atoms with Crippen LogP contribution in [0, 0.1) is 0 Å². The zero-order valence-electron chi connectivity index (χ0n) is 17.8. The maximum Gasteiger partial charge on any atom is 0.412 e. The van der Waals surface area contributed by atoms with Crippen LogP contribution >= 0.6 is 11.6 Å². The van der Waals surface area contributed by atoms with E-state index in [1.165, 1.54) is 0 Å². The average molecular weight is 452 g/mol. The highest BCUT2D eigenvalue weighted by atomic mass is 35.5. The van der Waals surface area contributed by atoms with Crippen molar-refractivity contribution >= 4 is 34.4 Å². The van der Waals surface area contributed by atoms with Crippen LogP contribution in [0.1, 0.15) is 17.9 Å². The predicted octanol–water partition coefficient (Wildman–Crippen LogP) is 4.79. The molecule has 0 unspecified atom stereocenters. The van der Waals surface area contributed by atoms with Crippen molar-refractivity contribution in [2.75, 3.05) is 12.4 Å². The maximum absolute atomic E-state index is 12.4. The van der Waals surface area contributed by atoms with E-state index in [4.69, 9.17) is 21.1 Å². The highest BCUT2D eigenvalue weighted by Crippen LogP contribution is 2.32. The number of aromatic nitrogens is 4. The molecule has 0 saturated carbocycles. The van der Waals surface area contributed by atoms with E-state index < -0.39 is 6.09 Å². The van der Waals surface area contributed by atoms with Crippen molar-refractivity contribution in [3.63, 3.8) is 0 Å². The molecule has 4 aromatic rings. The van der Waals surface area contributed by atoms with Gasteiger partial charge in [-0.15, -0.1) is 0 Å². The summed E-state index contributed by atoms with van der Waals surface area (Å²) in [5.74, 6) is 1.73. The molecule has 0 bridgehead atoms. The minimum Gasteiger partial charge on any atom is -0.496 e. The zero-order chi connectivity index (χ0) is 22.2. The Kier molecular flexibility index (Phi) is 5.22. The fraction of sp³-hybridized carbons (Fsp3) is 0.261. The first-order chi connectivity index (χ1) is 15.5. The monoisotopic (exact) mass is 451 g/mol. The summed E-state index contributed by atoms with van der Waals surface area (Å²) in [5.41, 5.74) is 4.88. The lowest BCUT2D eigenvalue weighted by Crippen LogP contribution is -2.14. The van der Waals surface area contributed by atoms with Gasteiger partial charge in [-0.1, -0.05) is 11.6 Å². The molecule has 2 aromatic carbocycles. The normalized spacial score (nSPS) is 12.7. The van der Waals surface area contributed by atoms with Crippen LogP contribution in [0.25, 0.3) is 22.3 Å². The maximum atomic E-state index is 12.4. The number of imidazole rings is 1. The van der Waals surface area contributed by atoms with Crippen LogP contribution in [-0.4, -0.2) is 32.5 Å². The molecule has 5 rings (SSSR count). The number of fused-ring (bicyclic) bond motifs is 3. The van der Waals surface area contributed by atoms with Gasteiger partial charge in [0.2, 0.25) is 0 Å². The van der Waals surface area contributed by atoms with E-state index in [0.29, 0.717) is 22.2 Å². The van der Waals surface area contributed by atoms with Gasteiger partial charge in [0.15, 0.2) is 0 Å². The third-order valence-corrected chi connectivity index (χ3v) is 5.86. The van der Waals surface area contributed by atoms with Crippen LogP contribution in [0.15, 0.2) is 42.5 Å². The second-order valence-corrected chi connectivity index (χ2v) is 8.11. The fourth-order valence-corrected chi connectivity index (χ4v) is 4.20. The summed E-state index contributed by atoms with van der Waals surface area (Å²) in [6, 6.07) is 13.0. The lowest BCUT2D eigenvalue weighted by atomic mass is 10.1. The van der Waals surface area contributed by atoms with Gasteiger partial charge in [0.25, 0.3) is 0 Å². The van der Waals surface area contributed by atoms with Crippen LogP contribution in [0.4, 0.5) is 10.5 Å². The Morgan fingerprint density at radius 1 is 1.22 bits per heavy atom. The van der Waals surface area contributed by atoms with E-state index in [-0.39, 0.29) is 6.61 Å². The van der Waals surface area contributed by atoms with E-state index in [1.54, 1.807) is 31.0 Å². The first kappa shape index (κ1) is 20.4. The number of rotatable bonds is 5. The summed E-state index contributed by atoms with van der Waals surface area (Å²) in [6.45, 7) is 1.07. The van der Waals surface area contributed by atoms with Crippen molar-refractivity contribution in [2.24, 2.45) is 7.05 Å². The molecule has 2 aromatic heterocycles. The van der Waals surface area contributed by atoms with Crippen molar-refractivity contribution in [1.82, 2.24) is 19.3 Å². The van der Waals surface area contributed by atoms with Crippen molar-refractivity contribution < 1.29 is 14.3 Å². The number of halogens is 1. The molecule has 0 spiro atoms. The number of carbonyl (C=O) groups excluding carboxylic acids is 1. The molecular weight excluding hydrogens is 430 g/mol. The van der Waals surface area contributed by atoms with Crippen LogP contribution in [0.2, 0.25) is 5.02 Å². The standard InChI is InChI=1S/C23H22ClN5O3/c1-28-16(12-18(27-28)17-7-5-14(24)10-21(17)31-2)13-32-23(30)25-15-6-8-20-19(11-15)26-22-4-3-9-29(20)22/h5-8,10-12H,3-4,9,13H2,1-2H3,(H,25,30). The molecule has 8 nitrogen and oxygen atoms in total. The smallest absolute Gasteiger partial charge is 0.412 e. The summed E-state index contributed by atoms with van der Waals surface area (Å²) in [5, 5.41) is 7.87. The van der Waals surface area contributed by atoms with Gasteiger partial charge in [-0.2, -0.15) is 5.10 Å². The van der Waals surface area contributed by atoms with Gasteiger partial charge in [0.05, 0.1) is 29.5 Å². The van der Waals surface area contributed by atoms with Gasteiger partial charge in [-0.25, -0.2) is 9.78 Å². The van der Waals surface area contributed by atoms with Crippen LogP contribution in [0.5, 0.6) is 5.75 Å². The molecule has 1 N–H and O–H groups in total. The Morgan fingerprint density at radius 3 is 2.94 bits per heavy atom. The highest BCUT2D eigenvalue weighted by Gasteiger charge is 2.17. The number of carbonyl (C=O) groups is 1. The van der Waals surface area contributed by atoms with Crippen LogP contribution < -0.4 is 10.1 Å². The van der Waals surface area contributed by atoms with E-state index in [0.717, 1.165) is 47.5 Å². The molecule has 0 aliphatic carbocycles. The SMILES string of the molecule is COc1cc(Cl)ccc1-c1cc(COC(=O)Nc2ccc3c(c2)nc2n3CCC2)n(C)n1. The number of anilines is 1. The molecular formula is C23H22ClN5O3. The minimum atomic E-state index is -0.539. The minimum absolute atomic E-state index is 0.0757. The van der Waals surface area contributed by atoms with Crippen LogP contribution in [-0.2, 0) is 31.4 Å². The Bertz CT molecular complexity index is 1330. The number of ether oxygens (including phenoxy) is 2. The highest BCUT2D eigenvalue weighted by molar-refractivity contribution is 6.30. The quantitative estimate of drug-likeness (QED) is 0.471. The van der Waals surface area contributed by atoms with Gasteiger partial charge < -0.3 is 14.0 Å². The van der Waals surface area contributed by atoms with Crippen LogP contribution in [0.3, 0.4) is 0 Å². The first-order valence-electron chi connectivity index (χ1n) is 10.3.